The number of hydrogen-bond acceptors (Lipinski definition) is 2. The van der Waals surface area contributed by atoms with Crippen molar-refractivity contribution in [1.29, 1.82) is 0 Å². The highest BCUT2D eigenvalue weighted by Crippen LogP contribution is 2.01. The van der Waals surface area contributed by atoms with Crippen LogP contribution in [-0.4, -0.2) is 4.92 Å². The van der Waals surface area contributed by atoms with Crippen molar-refractivity contribution in [2.24, 2.45) is 0 Å². The first-order valence-electron chi connectivity index (χ1n) is 2.42. The first kappa shape index (κ1) is 5.66. The number of nitrogens with zero attached hydrogens (tertiary/aromatic N) is 1. The third-order valence-electron chi connectivity index (χ3n) is 0.889. The second-order valence-corrected chi connectivity index (χ2v) is 1.50. The van der Waals surface area contributed by atoms with Crippen LogP contribution in [0.4, 0.5) is 0 Å². The standard InChI is InChI=1S/C6H4NO2/c8-7(9)6-4-2-1-3-5-6/h1-4H/q+1. The number of allylic oxidation sites excluding steroid dienone is 5. The van der Waals surface area contributed by atoms with Crippen molar-refractivity contribution in [3.63, 3.8) is 0 Å². The summed E-state index contributed by atoms with van der Waals surface area (Å²) in [7, 11) is 0. The van der Waals surface area contributed by atoms with E-state index in [4.69, 9.17) is 0 Å². The molecule has 0 saturated carbocycles. The average molecular weight is 122 g/mol. The largest absolute Gasteiger partial charge is 0.427 e. The van der Waals surface area contributed by atoms with E-state index in [9.17, 15) is 10.1 Å². The van der Waals surface area contributed by atoms with E-state index < -0.39 is 4.92 Å². The molecule has 0 bridgehead atoms. The predicted molar refractivity (Wildman–Crippen MR) is 32.0 cm³/mol. The molecule has 0 aromatic carbocycles. The second kappa shape index (κ2) is 2.20. The van der Waals surface area contributed by atoms with E-state index in [1.165, 1.54) is 12.2 Å². The van der Waals surface area contributed by atoms with E-state index in [0.717, 1.165) is 0 Å². The van der Waals surface area contributed by atoms with Crippen molar-refractivity contribution in [3.8, 4) is 0 Å². The van der Waals surface area contributed by atoms with Gasteiger partial charge in [-0.25, -0.2) is 0 Å². The summed E-state index contributed by atoms with van der Waals surface area (Å²) in [5.41, 5.74) is 0.0116. The van der Waals surface area contributed by atoms with Gasteiger partial charge in [-0.05, 0) is 0 Å². The van der Waals surface area contributed by atoms with Crippen LogP contribution in [0, 0.1) is 16.2 Å². The maximum Gasteiger partial charge on any atom is 0.427 e. The Morgan fingerprint density at radius 1 is 1.56 bits per heavy atom. The predicted octanol–water partition coefficient (Wildman–Crippen LogP) is 1.08. The lowest BCUT2D eigenvalue weighted by Crippen LogP contribution is -1.95. The summed E-state index contributed by atoms with van der Waals surface area (Å²) in [6.45, 7) is 0. The minimum atomic E-state index is -0.472. The molecule has 1 aliphatic carbocycles. The zero-order valence-corrected chi connectivity index (χ0v) is 4.57. The fraction of sp³-hybridized carbons (Fsp3) is 0. The molecule has 0 aromatic rings. The topological polar surface area (TPSA) is 43.1 Å². The Morgan fingerprint density at radius 3 is 2.67 bits per heavy atom. The molecule has 0 atom stereocenters. The molecule has 3 heteroatoms. The Kier molecular flexibility index (Phi) is 1.38. The Bertz CT molecular complexity index is 213. The van der Waals surface area contributed by atoms with Gasteiger partial charge < -0.3 is 0 Å². The fourth-order valence-electron chi connectivity index (χ4n) is 0.497. The molecule has 0 aromatic heterocycles. The van der Waals surface area contributed by atoms with Crippen molar-refractivity contribution in [2.75, 3.05) is 0 Å². The quantitative estimate of drug-likeness (QED) is 0.296. The molecule has 0 saturated heterocycles. The number of hydrogen-bond donors (Lipinski definition) is 0. The molecule has 0 aliphatic heterocycles. The average Bonchev–Trinajstić information content (AvgIpc) is 1.90. The van der Waals surface area contributed by atoms with Gasteiger partial charge in [-0.1, -0.05) is 0 Å². The highest BCUT2D eigenvalue weighted by atomic mass is 16.6. The van der Waals surface area contributed by atoms with Gasteiger partial charge >= 0.3 is 5.70 Å². The molecule has 1 aliphatic rings. The lowest BCUT2D eigenvalue weighted by atomic mass is 10.2. The van der Waals surface area contributed by atoms with E-state index in [1.54, 1.807) is 12.2 Å². The van der Waals surface area contributed by atoms with Crippen LogP contribution < -0.4 is 0 Å². The van der Waals surface area contributed by atoms with Crippen LogP contribution in [0.15, 0.2) is 30.0 Å². The first-order chi connectivity index (χ1) is 4.30. The minimum Gasteiger partial charge on any atom is -0.256 e. The van der Waals surface area contributed by atoms with Gasteiger partial charge in [0.25, 0.3) is 0 Å². The molecule has 0 fully saturated rings. The van der Waals surface area contributed by atoms with Gasteiger partial charge in [0.2, 0.25) is 0 Å². The van der Waals surface area contributed by atoms with Gasteiger partial charge in [0.05, 0.1) is 6.08 Å². The van der Waals surface area contributed by atoms with Gasteiger partial charge in [0.15, 0.2) is 0 Å². The van der Waals surface area contributed by atoms with Gasteiger partial charge in [-0.3, -0.25) is 10.1 Å². The van der Waals surface area contributed by atoms with Crippen LogP contribution in [0.2, 0.25) is 0 Å². The molecular formula is C6H4NO2+. The monoisotopic (exact) mass is 122 g/mol. The molecule has 0 amide bonds. The lowest BCUT2D eigenvalue weighted by Gasteiger charge is -1.80. The van der Waals surface area contributed by atoms with Crippen molar-refractivity contribution < 1.29 is 4.92 Å². The molecule has 0 radical (unpaired) electrons. The van der Waals surface area contributed by atoms with E-state index in [1.807, 2.05) is 0 Å². The SMILES string of the molecule is O=[N+]([O-])C1=CC=CC=[C+]1. The summed E-state index contributed by atoms with van der Waals surface area (Å²) in [6.07, 6.45) is 8.68. The number of nitro groups is 1. The summed E-state index contributed by atoms with van der Waals surface area (Å²) >= 11 is 0. The highest BCUT2D eigenvalue weighted by molar-refractivity contribution is 5.23. The maximum atomic E-state index is 9.98. The van der Waals surface area contributed by atoms with Crippen LogP contribution >= 0.6 is 0 Å². The maximum absolute atomic E-state index is 9.98. The van der Waals surface area contributed by atoms with Crippen molar-refractivity contribution in [2.45, 2.75) is 0 Å². The molecule has 9 heavy (non-hydrogen) atoms. The summed E-state index contributed by atoms with van der Waals surface area (Å²) in [5, 5.41) is 9.98. The van der Waals surface area contributed by atoms with E-state index in [-0.39, 0.29) is 5.70 Å². The Balaban J connectivity index is 2.84. The summed E-state index contributed by atoms with van der Waals surface area (Å²) in [5.74, 6) is 0. The molecule has 1 rings (SSSR count). The molecule has 0 heterocycles. The Hall–Kier alpha value is -1.47. The Labute approximate surface area is 52.1 Å². The molecule has 3 nitrogen and oxygen atoms in total. The van der Waals surface area contributed by atoms with Crippen LogP contribution in [0.3, 0.4) is 0 Å². The molecule has 0 N–H and O–H groups in total. The van der Waals surface area contributed by atoms with Crippen LogP contribution in [0.1, 0.15) is 0 Å². The smallest absolute Gasteiger partial charge is 0.256 e. The highest BCUT2D eigenvalue weighted by Gasteiger charge is 2.14. The summed E-state index contributed by atoms with van der Waals surface area (Å²) < 4.78 is 0. The van der Waals surface area contributed by atoms with Crippen molar-refractivity contribution in [3.05, 3.63) is 46.2 Å². The van der Waals surface area contributed by atoms with Gasteiger partial charge in [-0.15, -0.1) is 0 Å². The van der Waals surface area contributed by atoms with Crippen LogP contribution in [-0.2, 0) is 0 Å². The Morgan fingerprint density at radius 2 is 2.33 bits per heavy atom. The molecule has 0 unspecified atom stereocenters. The molecule has 0 spiro atoms. The normalized spacial score (nSPS) is 14.4. The summed E-state index contributed by atoms with van der Waals surface area (Å²) in [4.78, 5) is 9.50. The van der Waals surface area contributed by atoms with Gasteiger partial charge in [0.1, 0.15) is 23.2 Å². The third-order valence-corrected chi connectivity index (χ3v) is 0.889. The van der Waals surface area contributed by atoms with Crippen molar-refractivity contribution in [1.82, 2.24) is 0 Å². The van der Waals surface area contributed by atoms with Gasteiger partial charge in [-0.2, -0.15) is 0 Å². The lowest BCUT2D eigenvalue weighted by molar-refractivity contribution is -0.420. The zero-order chi connectivity index (χ0) is 6.69. The van der Waals surface area contributed by atoms with E-state index in [2.05, 4.69) is 6.08 Å². The summed E-state index contributed by atoms with van der Waals surface area (Å²) in [6, 6.07) is 0. The van der Waals surface area contributed by atoms with E-state index >= 15 is 0 Å². The van der Waals surface area contributed by atoms with Crippen LogP contribution in [0.25, 0.3) is 0 Å². The second-order valence-electron chi connectivity index (χ2n) is 1.50. The fourth-order valence-corrected chi connectivity index (χ4v) is 0.497. The third kappa shape index (κ3) is 1.21. The van der Waals surface area contributed by atoms with Crippen LogP contribution in [0.5, 0.6) is 0 Å². The van der Waals surface area contributed by atoms with E-state index in [0.29, 0.717) is 0 Å². The van der Waals surface area contributed by atoms with Crippen molar-refractivity contribution >= 4 is 0 Å². The number of rotatable bonds is 1. The van der Waals surface area contributed by atoms with Gasteiger partial charge in [0, 0.05) is 6.08 Å². The molecular weight excluding hydrogens is 118 g/mol. The zero-order valence-electron chi connectivity index (χ0n) is 4.57. The molecule has 44 valence electrons. The minimum absolute atomic E-state index is 0.0116. The first-order valence-corrected chi connectivity index (χ1v) is 2.42.